The van der Waals surface area contributed by atoms with Gasteiger partial charge in [0.2, 0.25) is 5.95 Å². The molecule has 2 aromatic rings. The standard InChI is InChI=1S/C19H25N7OS/c27-18(17-13-28-23-22-17)25-6-4-14-12-20-19(21-16(14)5-7-25)26-10-8-24(9-11-26)15-2-1-3-15/h12-13,15H,1-11H2. The van der Waals surface area contributed by atoms with E-state index >= 15 is 0 Å². The molecule has 9 heteroatoms. The number of amides is 1. The fraction of sp³-hybridized carbons (Fsp3) is 0.632. The summed E-state index contributed by atoms with van der Waals surface area (Å²) in [5, 5.41) is 5.62. The highest BCUT2D eigenvalue weighted by Gasteiger charge is 2.29. The van der Waals surface area contributed by atoms with Gasteiger partial charge in [-0.3, -0.25) is 9.69 Å². The number of hydrogen-bond donors (Lipinski definition) is 0. The van der Waals surface area contributed by atoms with E-state index in [1.807, 2.05) is 11.1 Å². The molecule has 3 aliphatic rings. The van der Waals surface area contributed by atoms with Gasteiger partial charge in [0, 0.05) is 63.3 Å². The van der Waals surface area contributed by atoms with Gasteiger partial charge in [0.05, 0.1) is 5.69 Å². The third-order valence-corrected chi connectivity index (χ3v) is 6.77. The first-order valence-corrected chi connectivity index (χ1v) is 11.0. The molecule has 1 saturated heterocycles. The van der Waals surface area contributed by atoms with Crippen LogP contribution in [0.5, 0.6) is 0 Å². The van der Waals surface area contributed by atoms with E-state index in [0.29, 0.717) is 18.8 Å². The van der Waals surface area contributed by atoms with E-state index < -0.39 is 0 Å². The Hall–Kier alpha value is -2.13. The molecule has 0 spiro atoms. The molecule has 0 N–H and O–H groups in total. The minimum Gasteiger partial charge on any atom is -0.338 e. The molecule has 2 fully saturated rings. The third kappa shape index (κ3) is 3.48. The van der Waals surface area contributed by atoms with E-state index in [-0.39, 0.29) is 5.91 Å². The number of carbonyl (C=O) groups excluding carboxylic acids is 1. The maximum absolute atomic E-state index is 12.6. The second kappa shape index (κ2) is 7.71. The van der Waals surface area contributed by atoms with Crippen molar-refractivity contribution < 1.29 is 4.79 Å². The van der Waals surface area contributed by atoms with Crippen molar-refractivity contribution in [2.24, 2.45) is 0 Å². The Labute approximate surface area is 168 Å². The van der Waals surface area contributed by atoms with Crippen molar-refractivity contribution in [3.8, 4) is 0 Å². The number of anilines is 1. The summed E-state index contributed by atoms with van der Waals surface area (Å²) in [4.78, 5) is 28.9. The maximum Gasteiger partial charge on any atom is 0.275 e. The Morgan fingerprint density at radius 2 is 1.89 bits per heavy atom. The Kier molecular flexibility index (Phi) is 4.94. The number of nitrogens with zero attached hydrogens (tertiary/aromatic N) is 7. The minimum absolute atomic E-state index is 0.0399. The third-order valence-electron chi connectivity index (χ3n) is 6.27. The summed E-state index contributed by atoms with van der Waals surface area (Å²) in [6.45, 7) is 5.54. The van der Waals surface area contributed by atoms with E-state index in [9.17, 15) is 4.79 Å². The zero-order valence-electron chi connectivity index (χ0n) is 16.0. The molecule has 0 bridgehead atoms. The van der Waals surface area contributed by atoms with Crippen molar-refractivity contribution in [2.45, 2.75) is 38.1 Å². The quantitative estimate of drug-likeness (QED) is 0.768. The summed E-state index contributed by atoms with van der Waals surface area (Å²) in [7, 11) is 0. The molecule has 28 heavy (non-hydrogen) atoms. The second-order valence-corrected chi connectivity index (χ2v) is 8.44. The van der Waals surface area contributed by atoms with Crippen LogP contribution in [0.2, 0.25) is 0 Å². The molecule has 8 nitrogen and oxygen atoms in total. The van der Waals surface area contributed by atoms with Gasteiger partial charge in [-0.25, -0.2) is 9.97 Å². The molecule has 1 amide bonds. The fourth-order valence-corrected chi connectivity index (χ4v) is 4.71. The van der Waals surface area contributed by atoms with Crippen molar-refractivity contribution in [2.75, 3.05) is 44.2 Å². The highest BCUT2D eigenvalue weighted by atomic mass is 32.1. The molecule has 5 rings (SSSR count). The Bertz CT molecular complexity index is 831. The van der Waals surface area contributed by atoms with Gasteiger partial charge in [0.25, 0.3) is 5.91 Å². The van der Waals surface area contributed by atoms with Gasteiger partial charge in [0.15, 0.2) is 5.69 Å². The normalized spacial score (nSPS) is 21.1. The van der Waals surface area contributed by atoms with E-state index in [1.165, 1.54) is 30.8 Å². The number of aromatic nitrogens is 4. The number of hydrogen-bond acceptors (Lipinski definition) is 8. The molecule has 0 radical (unpaired) electrons. The Morgan fingerprint density at radius 3 is 2.61 bits per heavy atom. The molecule has 2 aromatic heterocycles. The first-order valence-electron chi connectivity index (χ1n) is 10.2. The molecule has 2 aliphatic heterocycles. The first kappa shape index (κ1) is 17.9. The Balaban J connectivity index is 1.24. The van der Waals surface area contributed by atoms with Gasteiger partial charge >= 0.3 is 0 Å². The lowest BCUT2D eigenvalue weighted by Crippen LogP contribution is -2.52. The molecule has 0 aromatic carbocycles. The smallest absolute Gasteiger partial charge is 0.275 e. The topological polar surface area (TPSA) is 78.4 Å². The van der Waals surface area contributed by atoms with Crippen LogP contribution in [-0.2, 0) is 12.8 Å². The lowest BCUT2D eigenvalue weighted by Gasteiger charge is -2.43. The number of piperazine rings is 1. The second-order valence-electron chi connectivity index (χ2n) is 7.83. The van der Waals surface area contributed by atoms with Gasteiger partial charge in [-0.1, -0.05) is 10.9 Å². The van der Waals surface area contributed by atoms with Gasteiger partial charge in [-0.15, -0.1) is 5.10 Å². The average Bonchev–Trinajstić information content (AvgIpc) is 3.14. The molecule has 0 unspecified atom stereocenters. The predicted octanol–water partition coefficient (Wildman–Crippen LogP) is 1.24. The van der Waals surface area contributed by atoms with E-state index in [2.05, 4.69) is 24.4 Å². The summed E-state index contributed by atoms with van der Waals surface area (Å²) >= 11 is 1.21. The van der Waals surface area contributed by atoms with Crippen LogP contribution in [0.15, 0.2) is 11.6 Å². The zero-order valence-corrected chi connectivity index (χ0v) is 16.8. The van der Waals surface area contributed by atoms with Gasteiger partial charge in [-0.05, 0) is 36.4 Å². The summed E-state index contributed by atoms with van der Waals surface area (Å²) in [5.74, 6) is 0.803. The molecule has 1 aliphatic carbocycles. The molecule has 148 valence electrons. The number of fused-ring (bicyclic) bond motifs is 1. The van der Waals surface area contributed by atoms with E-state index in [4.69, 9.17) is 4.98 Å². The van der Waals surface area contributed by atoms with Crippen LogP contribution >= 0.6 is 11.5 Å². The summed E-state index contributed by atoms with van der Waals surface area (Å²) in [6.07, 6.45) is 7.62. The van der Waals surface area contributed by atoms with Gasteiger partial charge < -0.3 is 9.80 Å². The maximum atomic E-state index is 12.6. The van der Waals surface area contributed by atoms with E-state index in [0.717, 1.165) is 62.3 Å². The monoisotopic (exact) mass is 399 g/mol. The highest BCUT2D eigenvalue weighted by Crippen LogP contribution is 2.26. The van der Waals surface area contributed by atoms with Crippen molar-refractivity contribution in [1.29, 1.82) is 0 Å². The fourth-order valence-electron chi connectivity index (χ4n) is 4.28. The largest absolute Gasteiger partial charge is 0.338 e. The van der Waals surface area contributed by atoms with Gasteiger partial charge in [0.1, 0.15) is 0 Å². The molecule has 4 heterocycles. The van der Waals surface area contributed by atoms with Crippen LogP contribution in [-0.4, -0.2) is 80.6 Å². The summed E-state index contributed by atoms with van der Waals surface area (Å²) in [5.41, 5.74) is 2.67. The molecular formula is C19H25N7OS. The molecular weight excluding hydrogens is 374 g/mol. The van der Waals surface area contributed by atoms with Crippen LogP contribution in [0, 0.1) is 0 Å². The predicted molar refractivity (Wildman–Crippen MR) is 107 cm³/mol. The van der Waals surface area contributed by atoms with Crippen molar-refractivity contribution in [3.05, 3.63) is 28.5 Å². The van der Waals surface area contributed by atoms with Crippen molar-refractivity contribution in [1.82, 2.24) is 29.4 Å². The SMILES string of the molecule is O=C(c1csnn1)N1CCc2cnc(N3CCN(C4CCC4)CC3)nc2CC1. The van der Waals surface area contributed by atoms with Crippen LogP contribution in [0.4, 0.5) is 5.95 Å². The average molecular weight is 400 g/mol. The Morgan fingerprint density at radius 1 is 1.07 bits per heavy atom. The zero-order chi connectivity index (χ0) is 18.9. The summed E-state index contributed by atoms with van der Waals surface area (Å²) < 4.78 is 3.80. The van der Waals surface area contributed by atoms with Crippen LogP contribution in [0.25, 0.3) is 0 Å². The van der Waals surface area contributed by atoms with Crippen molar-refractivity contribution >= 4 is 23.4 Å². The van der Waals surface area contributed by atoms with Crippen LogP contribution in [0.3, 0.4) is 0 Å². The minimum atomic E-state index is -0.0399. The number of carbonyl (C=O) groups is 1. The van der Waals surface area contributed by atoms with Crippen LogP contribution in [0.1, 0.15) is 41.0 Å². The van der Waals surface area contributed by atoms with Crippen molar-refractivity contribution in [3.63, 3.8) is 0 Å². The first-order chi connectivity index (χ1) is 13.8. The molecule has 0 atom stereocenters. The lowest BCUT2D eigenvalue weighted by atomic mass is 9.91. The molecule has 1 saturated carbocycles. The highest BCUT2D eigenvalue weighted by molar-refractivity contribution is 7.03. The van der Waals surface area contributed by atoms with Gasteiger partial charge in [-0.2, -0.15) is 0 Å². The van der Waals surface area contributed by atoms with Crippen LogP contribution < -0.4 is 4.90 Å². The van der Waals surface area contributed by atoms with E-state index in [1.54, 1.807) is 5.38 Å². The number of rotatable bonds is 3. The summed E-state index contributed by atoms with van der Waals surface area (Å²) in [6, 6.07) is 0.812. The lowest BCUT2D eigenvalue weighted by molar-refractivity contribution is 0.0757.